The van der Waals surface area contributed by atoms with Crippen LogP contribution in [0.5, 0.6) is 0 Å². The summed E-state index contributed by atoms with van der Waals surface area (Å²) in [5, 5.41) is 28.3. The monoisotopic (exact) mass is 503 g/mol. The summed E-state index contributed by atoms with van der Waals surface area (Å²) in [6.45, 7) is 4.13. The van der Waals surface area contributed by atoms with Gasteiger partial charge in [-0.05, 0) is 56.3 Å². The SMILES string of the molecule is CC1(CO)C(O)CCC2(C)C(CC(=O)NC3CCCCC3)c3nc(NC(=O)C4CCC4)sc3CC12. The average Bonchev–Trinajstić information content (AvgIpc) is 3.19. The fourth-order valence-corrected chi connectivity index (χ4v) is 8.37. The summed E-state index contributed by atoms with van der Waals surface area (Å²) in [7, 11) is 0. The Hall–Kier alpha value is -1.51. The molecule has 8 heteroatoms. The van der Waals surface area contributed by atoms with Crippen LogP contribution in [0.25, 0.3) is 0 Å². The van der Waals surface area contributed by atoms with Gasteiger partial charge in [0, 0.05) is 34.6 Å². The van der Waals surface area contributed by atoms with Gasteiger partial charge in [0.15, 0.2) is 5.13 Å². The third-order valence-corrected chi connectivity index (χ3v) is 11.0. The highest BCUT2D eigenvalue weighted by atomic mass is 32.1. The molecule has 0 aromatic carbocycles. The number of carbonyl (C=O) groups is 2. The molecule has 5 atom stereocenters. The van der Waals surface area contributed by atoms with E-state index in [-0.39, 0.29) is 47.6 Å². The van der Waals surface area contributed by atoms with Gasteiger partial charge in [0.25, 0.3) is 0 Å². The van der Waals surface area contributed by atoms with E-state index in [0.29, 0.717) is 24.4 Å². The molecule has 0 bridgehead atoms. The first-order valence-corrected chi connectivity index (χ1v) is 14.4. The molecule has 5 unspecified atom stereocenters. The van der Waals surface area contributed by atoms with Crippen LogP contribution in [-0.4, -0.2) is 45.8 Å². The van der Waals surface area contributed by atoms with Gasteiger partial charge in [-0.15, -0.1) is 11.3 Å². The summed E-state index contributed by atoms with van der Waals surface area (Å²) in [5.74, 6) is 0.122. The maximum absolute atomic E-state index is 13.3. The number of nitrogens with zero attached hydrogens (tertiary/aromatic N) is 1. The second-order valence-electron chi connectivity index (χ2n) is 12.1. The maximum atomic E-state index is 13.3. The molecule has 194 valence electrons. The van der Waals surface area contributed by atoms with Crippen molar-refractivity contribution < 1.29 is 19.8 Å². The zero-order valence-corrected chi connectivity index (χ0v) is 22.0. The summed E-state index contributed by atoms with van der Waals surface area (Å²) in [4.78, 5) is 31.9. The molecule has 5 rings (SSSR count). The summed E-state index contributed by atoms with van der Waals surface area (Å²) >= 11 is 1.51. The van der Waals surface area contributed by atoms with E-state index in [4.69, 9.17) is 4.98 Å². The molecule has 0 spiro atoms. The van der Waals surface area contributed by atoms with Crippen molar-refractivity contribution in [3.8, 4) is 0 Å². The minimum atomic E-state index is -0.637. The first-order valence-electron chi connectivity index (χ1n) is 13.6. The fraction of sp³-hybridized carbons (Fsp3) is 0.815. The molecule has 2 amide bonds. The second kappa shape index (κ2) is 9.75. The van der Waals surface area contributed by atoms with Crippen molar-refractivity contribution in [1.29, 1.82) is 0 Å². The Morgan fingerprint density at radius 1 is 1.09 bits per heavy atom. The van der Waals surface area contributed by atoms with Crippen LogP contribution in [0.3, 0.4) is 0 Å². The highest BCUT2D eigenvalue weighted by Gasteiger charge is 2.59. The van der Waals surface area contributed by atoms with Crippen LogP contribution < -0.4 is 10.6 Å². The van der Waals surface area contributed by atoms with Gasteiger partial charge in [-0.2, -0.15) is 0 Å². The van der Waals surface area contributed by atoms with E-state index in [2.05, 4.69) is 17.6 Å². The van der Waals surface area contributed by atoms with E-state index >= 15 is 0 Å². The lowest BCUT2D eigenvalue weighted by Gasteiger charge is -2.58. The van der Waals surface area contributed by atoms with E-state index in [1.165, 1.54) is 30.6 Å². The first kappa shape index (κ1) is 25.2. The Balaban J connectivity index is 1.44. The molecule has 0 saturated heterocycles. The molecule has 3 fully saturated rings. The van der Waals surface area contributed by atoms with E-state index in [1.54, 1.807) is 0 Å². The summed E-state index contributed by atoms with van der Waals surface area (Å²) < 4.78 is 0. The molecule has 3 saturated carbocycles. The smallest absolute Gasteiger partial charge is 0.229 e. The normalized spacial score (nSPS) is 35.5. The number of rotatable bonds is 6. The van der Waals surface area contributed by atoms with Gasteiger partial charge in [0.1, 0.15) is 0 Å². The van der Waals surface area contributed by atoms with Crippen molar-refractivity contribution in [2.24, 2.45) is 22.7 Å². The Kier molecular flexibility index (Phi) is 7.01. The molecule has 1 heterocycles. The number of aromatic nitrogens is 1. The molecule has 4 aliphatic carbocycles. The van der Waals surface area contributed by atoms with Crippen LogP contribution in [0.15, 0.2) is 0 Å². The topological polar surface area (TPSA) is 112 Å². The van der Waals surface area contributed by atoms with E-state index < -0.39 is 11.5 Å². The number of carbonyl (C=O) groups excluding carboxylic acids is 2. The van der Waals surface area contributed by atoms with Gasteiger partial charge in [0.05, 0.1) is 18.4 Å². The maximum Gasteiger partial charge on any atom is 0.229 e. The predicted octanol–water partition coefficient (Wildman–Crippen LogP) is 4.14. The van der Waals surface area contributed by atoms with Crippen LogP contribution in [0.2, 0.25) is 0 Å². The van der Waals surface area contributed by atoms with Gasteiger partial charge in [0.2, 0.25) is 11.8 Å². The molecular weight excluding hydrogens is 462 g/mol. The van der Waals surface area contributed by atoms with Crippen LogP contribution in [0.4, 0.5) is 5.13 Å². The zero-order chi connectivity index (χ0) is 24.8. The number of hydrogen-bond donors (Lipinski definition) is 4. The van der Waals surface area contributed by atoms with Gasteiger partial charge in [-0.25, -0.2) is 4.98 Å². The molecule has 35 heavy (non-hydrogen) atoms. The number of hydrogen-bond acceptors (Lipinski definition) is 6. The predicted molar refractivity (Wildman–Crippen MR) is 136 cm³/mol. The Bertz CT molecular complexity index is 956. The molecule has 1 aromatic heterocycles. The van der Waals surface area contributed by atoms with Crippen molar-refractivity contribution in [3.05, 3.63) is 10.6 Å². The highest BCUT2D eigenvalue weighted by Crippen LogP contribution is 2.62. The lowest BCUT2D eigenvalue weighted by Crippen LogP contribution is -2.57. The molecule has 0 aliphatic heterocycles. The number of anilines is 1. The molecule has 4 N–H and O–H groups in total. The van der Waals surface area contributed by atoms with Crippen LogP contribution in [0, 0.1) is 22.7 Å². The van der Waals surface area contributed by atoms with E-state index in [9.17, 15) is 19.8 Å². The van der Waals surface area contributed by atoms with Gasteiger partial charge >= 0.3 is 0 Å². The highest BCUT2D eigenvalue weighted by molar-refractivity contribution is 7.15. The quantitative estimate of drug-likeness (QED) is 0.466. The summed E-state index contributed by atoms with van der Waals surface area (Å²) in [6, 6.07) is 0.256. The number of thiazole rings is 1. The Morgan fingerprint density at radius 3 is 2.49 bits per heavy atom. The third-order valence-electron chi connectivity index (χ3n) is 9.96. The first-order chi connectivity index (χ1) is 16.7. The van der Waals surface area contributed by atoms with Gasteiger partial charge in [-0.3, -0.25) is 9.59 Å². The number of aliphatic hydroxyl groups excluding tert-OH is 2. The Morgan fingerprint density at radius 2 is 1.83 bits per heavy atom. The number of fused-ring (bicyclic) bond motifs is 2. The van der Waals surface area contributed by atoms with Crippen molar-refractivity contribution in [2.45, 2.75) is 109 Å². The number of aliphatic hydroxyl groups is 2. The van der Waals surface area contributed by atoms with Crippen molar-refractivity contribution >= 4 is 28.3 Å². The zero-order valence-electron chi connectivity index (χ0n) is 21.1. The molecule has 0 radical (unpaired) electrons. The number of nitrogens with one attached hydrogen (secondary N) is 2. The second-order valence-corrected chi connectivity index (χ2v) is 13.2. The summed E-state index contributed by atoms with van der Waals surface area (Å²) in [5.41, 5.74) is 0.0344. The van der Waals surface area contributed by atoms with Crippen molar-refractivity contribution in [1.82, 2.24) is 10.3 Å². The minimum absolute atomic E-state index is 0.0272. The van der Waals surface area contributed by atoms with Crippen LogP contribution in [-0.2, 0) is 16.0 Å². The Labute approximate surface area is 212 Å². The van der Waals surface area contributed by atoms with Crippen molar-refractivity contribution in [3.63, 3.8) is 0 Å². The molecule has 7 nitrogen and oxygen atoms in total. The average molecular weight is 504 g/mol. The van der Waals surface area contributed by atoms with E-state index in [1.807, 2.05) is 6.92 Å². The number of amides is 2. The lowest BCUT2D eigenvalue weighted by molar-refractivity contribution is -0.144. The fourth-order valence-electron chi connectivity index (χ4n) is 7.30. The minimum Gasteiger partial charge on any atom is -0.396 e. The van der Waals surface area contributed by atoms with Gasteiger partial charge in [-0.1, -0.05) is 39.5 Å². The molecular formula is C27H41N3O4S. The van der Waals surface area contributed by atoms with Gasteiger partial charge < -0.3 is 20.8 Å². The van der Waals surface area contributed by atoms with Crippen molar-refractivity contribution in [2.75, 3.05) is 11.9 Å². The standard InChI is InChI=1S/C27H41N3O4S/c1-26-12-11-21(32)27(2,15-31)20(26)14-19-23(29-25(35-19)30-24(34)16-7-6-8-16)18(26)13-22(33)28-17-9-4-3-5-10-17/h16-18,20-21,31-32H,3-15H2,1-2H3,(H,28,33)(H,29,30,34). The van der Waals surface area contributed by atoms with Crippen LogP contribution in [0.1, 0.15) is 101 Å². The van der Waals surface area contributed by atoms with Crippen LogP contribution >= 0.6 is 11.3 Å². The molecule has 4 aliphatic rings. The largest absolute Gasteiger partial charge is 0.396 e. The molecule has 1 aromatic rings. The third kappa shape index (κ3) is 4.55. The summed E-state index contributed by atoms with van der Waals surface area (Å²) in [6.07, 6.45) is 10.5. The van der Waals surface area contributed by atoms with E-state index in [0.717, 1.165) is 49.1 Å². The lowest BCUT2D eigenvalue weighted by atomic mass is 9.47.